The monoisotopic (exact) mass is 366 g/mol. The number of amides is 1. The summed E-state index contributed by atoms with van der Waals surface area (Å²) in [5, 5.41) is 3.87. The second-order valence-corrected chi connectivity index (χ2v) is 7.58. The van der Waals surface area contributed by atoms with Crippen LogP contribution in [0.15, 0.2) is 48.5 Å². The Kier molecular flexibility index (Phi) is 5.38. The summed E-state index contributed by atoms with van der Waals surface area (Å²) in [7, 11) is 1.66. The first-order chi connectivity index (χ1) is 12.5. The minimum atomic E-state index is -0.0408. The standard InChI is InChI=1S/C21H22N2O2S/c1-13(2)20(24)22-17-10-8-15(9-11-17)19-14(3)26-21(23-19)16-6-5-7-18(12-16)25-4/h5-13H,1-4H3,(H,22,24). The number of aryl methyl sites for hydroxylation is 1. The lowest BCUT2D eigenvalue weighted by atomic mass is 10.1. The fraction of sp³-hybridized carbons (Fsp3) is 0.238. The fourth-order valence-electron chi connectivity index (χ4n) is 2.54. The maximum Gasteiger partial charge on any atom is 0.226 e. The predicted octanol–water partition coefficient (Wildman–Crippen LogP) is 5.39. The van der Waals surface area contributed by atoms with Crippen molar-refractivity contribution in [2.45, 2.75) is 20.8 Å². The average molecular weight is 366 g/mol. The molecule has 0 aliphatic rings. The number of carbonyl (C=O) groups excluding carboxylic acids is 1. The number of hydrogen-bond donors (Lipinski definition) is 1. The van der Waals surface area contributed by atoms with Gasteiger partial charge in [-0.2, -0.15) is 0 Å². The molecule has 4 nitrogen and oxygen atoms in total. The first kappa shape index (κ1) is 18.1. The molecule has 0 fully saturated rings. The molecule has 1 amide bonds. The van der Waals surface area contributed by atoms with Crippen LogP contribution in [0.4, 0.5) is 5.69 Å². The fourth-order valence-corrected chi connectivity index (χ4v) is 3.47. The van der Waals surface area contributed by atoms with E-state index in [0.29, 0.717) is 0 Å². The second-order valence-electron chi connectivity index (χ2n) is 6.38. The van der Waals surface area contributed by atoms with Crippen LogP contribution in [0.1, 0.15) is 18.7 Å². The highest BCUT2D eigenvalue weighted by Crippen LogP contribution is 2.34. The zero-order valence-electron chi connectivity index (χ0n) is 15.4. The summed E-state index contributed by atoms with van der Waals surface area (Å²) in [6, 6.07) is 15.7. The Balaban J connectivity index is 1.86. The van der Waals surface area contributed by atoms with Crippen LogP contribution in [-0.2, 0) is 4.79 Å². The number of hydrogen-bond acceptors (Lipinski definition) is 4. The van der Waals surface area contributed by atoms with Gasteiger partial charge >= 0.3 is 0 Å². The van der Waals surface area contributed by atoms with Crippen molar-refractivity contribution in [3.8, 4) is 27.6 Å². The Morgan fingerprint density at radius 3 is 2.50 bits per heavy atom. The average Bonchev–Trinajstić information content (AvgIpc) is 3.04. The molecule has 0 atom stereocenters. The highest BCUT2D eigenvalue weighted by molar-refractivity contribution is 7.15. The quantitative estimate of drug-likeness (QED) is 0.659. The van der Waals surface area contributed by atoms with E-state index in [-0.39, 0.29) is 11.8 Å². The topological polar surface area (TPSA) is 51.2 Å². The third-order valence-corrected chi connectivity index (χ3v) is 5.08. The van der Waals surface area contributed by atoms with Crippen LogP contribution in [-0.4, -0.2) is 18.0 Å². The maximum absolute atomic E-state index is 11.8. The Morgan fingerprint density at radius 2 is 1.85 bits per heavy atom. The van der Waals surface area contributed by atoms with Crippen molar-refractivity contribution < 1.29 is 9.53 Å². The number of nitrogens with zero attached hydrogens (tertiary/aromatic N) is 1. The summed E-state index contributed by atoms with van der Waals surface area (Å²) in [5.41, 5.74) is 3.85. The zero-order valence-corrected chi connectivity index (χ0v) is 16.2. The lowest BCUT2D eigenvalue weighted by molar-refractivity contribution is -0.118. The van der Waals surface area contributed by atoms with Crippen LogP contribution < -0.4 is 10.1 Å². The number of ether oxygens (including phenoxy) is 1. The molecule has 0 saturated carbocycles. The molecule has 0 saturated heterocycles. The summed E-state index contributed by atoms with van der Waals surface area (Å²) < 4.78 is 5.30. The van der Waals surface area contributed by atoms with Gasteiger partial charge in [0.2, 0.25) is 5.91 Å². The van der Waals surface area contributed by atoms with E-state index in [9.17, 15) is 4.79 Å². The van der Waals surface area contributed by atoms with Gasteiger partial charge in [-0.3, -0.25) is 4.79 Å². The highest BCUT2D eigenvalue weighted by Gasteiger charge is 2.13. The van der Waals surface area contributed by atoms with Crippen molar-refractivity contribution in [3.05, 3.63) is 53.4 Å². The van der Waals surface area contributed by atoms with Crippen LogP contribution in [0, 0.1) is 12.8 Å². The van der Waals surface area contributed by atoms with Gasteiger partial charge in [0, 0.05) is 27.6 Å². The number of thiazole rings is 1. The van der Waals surface area contributed by atoms with Crippen molar-refractivity contribution in [3.63, 3.8) is 0 Å². The van der Waals surface area contributed by atoms with Gasteiger partial charge in [-0.1, -0.05) is 38.1 Å². The smallest absolute Gasteiger partial charge is 0.226 e. The Morgan fingerprint density at radius 1 is 1.12 bits per heavy atom. The van der Waals surface area contributed by atoms with Crippen molar-refractivity contribution in [2.75, 3.05) is 12.4 Å². The van der Waals surface area contributed by atoms with Gasteiger partial charge in [0.25, 0.3) is 0 Å². The van der Waals surface area contributed by atoms with Crippen molar-refractivity contribution >= 4 is 22.9 Å². The van der Waals surface area contributed by atoms with Gasteiger partial charge in [0.15, 0.2) is 0 Å². The molecule has 1 aromatic heterocycles. The molecule has 0 aliphatic heterocycles. The number of methoxy groups -OCH3 is 1. The Labute approximate surface area is 157 Å². The van der Waals surface area contributed by atoms with E-state index in [1.54, 1.807) is 18.4 Å². The van der Waals surface area contributed by atoms with Gasteiger partial charge in [-0.05, 0) is 31.2 Å². The minimum absolute atomic E-state index is 0.0166. The Hall–Kier alpha value is -2.66. The molecule has 0 spiro atoms. The molecule has 3 rings (SSSR count). The van der Waals surface area contributed by atoms with Crippen LogP contribution in [0.3, 0.4) is 0 Å². The van der Waals surface area contributed by atoms with Gasteiger partial charge < -0.3 is 10.1 Å². The summed E-state index contributed by atoms with van der Waals surface area (Å²) in [4.78, 5) is 17.8. The van der Waals surface area contributed by atoms with Crippen LogP contribution in [0.25, 0.3) is 21.8 Å². The number of rotatable bonds is 5. The number of nitrogens with one attached hydrogen (secondary N) is 1. The van der Waals surface area contributed by atoms with E-state index < -0.39 is 0 Å². The lowest BCUT2D eigenvalue weighted by Crippen LogP contribution is -2.17. The van der Waals surface area contributed by atoms with E-state index in [1.807, 2.05) is 62.4 Å². The number of anilines is 1. The molecular weight excluding hydrogens is 344 g/mol. The molecule has 5 heteroatoms. The molecule has 0 radical (unpaired) electrons. The van der Waals surface area contributed by atoms with Gasteiger partial charge in [0.05, 0.1) is 12.8 Å². The highest BCUT2D eigenvalue weighted by atomic mass is 32.1. The van der Waals surface area contributed by atoms with E-state index in [4.69, 9.17) is 9.72 Å². The summed E-state index contributed by atoms with van der Waals surface area (Å²) in [5.74, 6) is 0.797. The van der Waals surface area contributed by atoms with E-state index in [1.165, 1.54) is 0 Å². The van der Waals surface area contributed by atoms with Crippen LogP contribution in [0.5, 0.6) is 5.75 Å². The molecule has 3 aromatic rings. The van der Waals surface area contributed by atoms with E-state index in [2.05, 4.69) is 12.2 Å². The van der Waals surface area contributed by atoms with Gasteiger partial charge in [-0.15, -0.1) is 11.3 Å². The maximum atomic E-state index is 11.8. The molecule has 0 unspecified atom stereocenters. The first-order valence-corrected chi connectivity index (χ1v) is 9.32. The third-order valence-electron chi connectivity index (χ3n) is 4.06. The molecule has 134 valence electrons. The summed E-state index contributed by atoms with van der Waals surface area (Å²) in [6.07, 6.45) is 0. The number of carbonyl (C=O) groups is 1. The molecule has 2 aromatic carbocycles. The molecular formula is C21H22N2O2S. The van der Waals surface area contributed by atoms with Gasteiger partial charge in [0.1, 0.15) is 10.8 Å². The molecule has 0 aliphatic carbocycles. The van der Waals surface area contributed by atoms with Crippen molar-refractivity contribution in [1.29, 1.82) is 0 Å². The predicted molar refractivity (Wildman–Crippen MR) is 108 cm³/mol. The van der Waals surface area contributed by atoms with Gasteiger partial charge in [-0.25, -0.2) is 4.98 Å². The molecule has 1 heterocycles. The molecule has 1 N–H and O–H groups in total. The van der Waals surface area contributed by atoms with E-state index in [0.717, 1.165) is 38.1 Å². The summed E-state index contributed by atoms with van der Waals surface area (Å²) in [6.45, 7) is 5.83. The van der Waals surface area contributed by atoms with Crippen LogP contribution >= 0.6 is 11.3 Å². The van der Waals surface area contributed by atoms with Crippen molar-refractivity contribution in [2.24, 2.45) is 5.92 Å². The van der Waals surface area contributed by atoms with E-state index >= 15 is 0 Å². The van der Waals surface area contributed by atoms with Crippen molar-refractivity contribution in [1.82, 2.24) is 4.98 Å². The number of benzene rings is 2. The minimum Gasteiger partial charge on any atom is -0.497 e. The SMILES string of the molecule is COc1cccc(-c2nc(-c3ccc(NC(=O)C(C)C)cc3)c(C)s2)c1. The largest absolute Gasteiger partial charge is 0.497 e. The normalized spacial score (nSPS) is 10.8. The molecule has 0 bridgehead atoms. The third kappa shape index (κ3) is 3.94. The van der Waals surface area contributed by atoms with Crippen LogP contribution in [0.2, 0.25) is 0 Å². The first-order valence-electron chi connectivity index (χ1n) is 8.51. The Bertz CT molecular complexity index is 914. The second kappa shape index (κ2) is 7.70. The lowest BCUT2D eigenvalue weighted by Gasteiger charge is -2.08. The summed E-state index contributed by atoms with van der Waals surface area (Å²) >= 11 is 1.66. The number of aromatic nitrogens is 1. The zero-order chi connectivity index (χ0) is 18.7. The molecule has 26 heavy (non-hydrogen) atoms.